The number of nitrogens with two attached hydrogens (primary N) is 1. The van der Waals surface area contributed by atoms with Gasteiger partial charge >= 0.3 is 5.97 Å². The maximum atomic E-state index is 12.6. The molecule has 1 unspecified atom stereocenters. The van der Waals surface area contributed by atoms with Gasteiger partial charge in [0.2, 0.25) is 0 Å². The van der Waals surface area contributed by atoms with Crippen LogP contribution >= 0.6 is 11.6 Å². The molecule has 1 heterocycles. The minimum Gasteiger partial charge on any atom is -0.493 e. The van der Waals surface area contributed by atoms with Crippen LogP contribution in [0.25, 0.3) is 0 Å². The topological polar surface area (TPSA) is 114 Å². The highest BCUT2D eigenvalue weighted by Gasteiger charge is 2.22. The molecule has 1 amide bonds. The first-order valence-electron chi connectivity index (χ1n) is 8.96. The second kappa shape index (κ2) is 10.3. The fourth-order valence-electron chi connectivity index (χ4n) is 2.88. The lowest BCUT2D eigenvalue weighted by Gasteiger charge is -2.32. The molecule has 8 nitrogen and oxygen atoms in total. The van der Waals surface area contributed by atoms with E-state index in [4.69, 9.17) is 31.9 Å². The maximum absolute atomic E-state index is 12.6. The second-order valence-corrected chi connectivity index (χ2v) is 6.71. The maximum Gasteiger partial charge on any atom is 0.303 e. The van der Waals surface area contributed by atoms with Crippen LogP contribution in [0.1, 0.15) is 30.1 Å². The number of hydrogen-bond donors (Lipinski definition) is 3. The largest absolute Gasteiger partial charge is 0.493 e. The van der Waals surface area contributed by atoms with Crippen molar-refractivity contribution in [3.05, 3.63) is 22.7 Å². The molecule has 1 aromatic carbocycles. The summed E-state index contributed by atoms with van der Waals surface area (Å²) in [5.74, 6) is -0.719. The molecule has 27 heavy (non-hydrogen) atoms. The van der Waals surface area contributed by atoms with Crippen LogP contribution in [0.15, 0.2) is 12.1 Å². The highest BCUT2D eigenvalue weighted by Crippen LogP contribution is 2.29. The summed E-state index contributed by atoms with van der Waals surface area (Å²) in [4.78, 5) is 25.3. The van der Waals surface area contributed by atoms with Crippen molar-refractivity contribution in [1.82, 2.24) is 10.2 Å². The van der Waals surface area contributed by atoms with Crippen molar-refractivity contribution in [3.8, 4) is 5.75 Å². The third-order valence-electron chi connectivity index (χ3n) is 4.22. The molecule has 1 aliphatic rings. The number of benzene rings is 1. The molecule has 0 saturated carbocycles. The van der Waals surface area contributed by atoms with Gasteiger partial charge in [0.1, 0.15) is 5.75 Å². The van der Waals surface area contributed by atoms with Crippen LogP contribution in [0.3, 0.4) is 0 Å². The van der Waals surface area contributed by atoms with Gasteiger partial charge in [-0.15, -0.1) is 0 Å². The molecule has 0 aromatic heterocycles. The SMILES string of the molecule is CCOc1cc(N)c(Cl)cc1C(=O)NCC1CN(CCCC(=O)O)CCO1. The normalized spacial score (nSPS) is 17.5. The molecular weight excluding hydrogens is 374 g/mol. The highest BCUT2D eigenvalue weighted by atomic mass is 35.5. The van der Waals surface area contributed by atoms with Crippen molar-refractivity contribution < 1.29 is 24.2 Å². The number of carboxylic acid groups (broad SMARTS) is 1. The van der Waals surface area contributed by atoms with Gasteiger partial charge in [-0.3, -0.25) is 14.5 Å². The van der Waals surface area contributed by atoms with Crippen LogP contribution in [0, 0.1) is 0 Å². The molecule has 1 atom stereocenters. The van der Waals surface area contributed by atoms with E-state index in [9.17, 15) is 9.59 Å². The first kappa shape index (κ1) is 21.3. The van der Waals surface area contributed by atoms with E-state index in [1.54, 1.807) is 6.07 Å². The predicted molar refractivity (Wildman–Crippen MR) is 102 cm³/mol. The van der Waals surface area contributed by atoms with Crippen molar-refractivity contribution in [2.45, 2.75) is 25.9 Å². The third kappa shape index (κ3) is 6.57. The molecule has 2 rings (SSSR count). The fraction of sp³-hybridized carbons (Fsp3) is 0.556. The van der Waals surface area contributed by atoms with Crippen LogP contribution in [0.4, 0.5) is 5.69 Å². The van der Waals surface area contributed by atoms with Crippen LogP contribution in [0.2, 0.25) is 5.02 Å². The lowest BCUT2D eigenvalue weighted by atomic mass is 10.1. The molecule has 1 aromatic rings. The monoisotopic (exact) mass is 399 g/mol. The molecule has 9 heteroatoms. The Labute approximate surface area is 163 Å². The molecule has 4 N–H and O–H groups in total. The molecule has 0 spiro atoms. The Morgan fingerprint density at radius 2 is 2.26 bits per heavy atom. The average molecular weight is 400 g/mol. The molecule has 150 valence electrons. The van der Waals surface area contributed by atoms with E-state index in [-0.39, 0.29) is 18.4 Å². The Kier molecular flexibility index (Phi) is 8.15. The molecule has 1 fully saturated rings. The molecular formula is C18H26ClN3O5. The number of morpholine rings is 1. The molecule has 0 bridgehead atoms. The number of aliphatic carboxylic acids is 1. The molecule has 1 saturated heterocycles. The number of carbonyl (C=O) groups excluding carboxylic acids is 1. The summed E-state index contributed by atoms with van der Waals surface area (Å²) < 4.78 is 11.2. The van der Waals surface area contributed by atoms with Crippen molar-refractivity contribution in [3.63, 3.8) is 0 Å². The number of nitrogens with zero attached hydrogens (tertiary/aromatic N) is 1. The van der Waals surface area contributed by atoms with Crippen molar-refractivity contribution in [2.75, 3.05) is 45.1 Å². The van der Waals surface area contributed by atoms with E-state index in [0.717, 1.165) is 6.54 Å². The zero-order valence-corrected chi connectivity index (χ0v) is 16.1. The number of anilines is 1. The Balaban J connectivity index is 1.89. The van der Waals surface area contributed by atoms with Gasteiger partial charge in [-0.25, -0.2) is 0 Å². The van der Waals surface area contributed by atoms with Gasteiger partial charge in [-0.2, -0.15) is 0 Å². The summed E-state index contributed by atoms with van der Waals surface area (Å²) >= 11 is 6.04. The van der Waals surface area contributed by atoms with E-state index in [1.165, 1.54) is 6.07 Å². The number of nitrogens with one attached hydrogen (secondary N) is 1. The lowest BCUT2D eigenvalue weighted by Crippen LogP contribution is -2.47. The molecule has 0 aliphatic carbocycles. The number of ether oxygens (including phenoxy) is 2. The Bertz CT molecular complexity index is 671. The van der Waals surface area contributed by atoms with E-state index in [2.05, 4.69) is 10.2 Å². The number of carbonyl (C=O) groups is 2. The summed E-state index contributed by atoms with van der Waals surface area (Å²) in [7, 11) is 0. The first-order chi connectivity index (χ1) is 12.9. The van der Waals surface area contributed by atoms with E-state index in [1.807, 2.05) is 6.92 Å². The lowest BCUT2D eigenvalue weighted by molar-refractivity contribution is -0.137. The highest BCUT2D eigenvalue weighted by molar-refractivity contribution is 6.33. The van der Waals surface area contributed by atoms with Crippen molar-refractivity contribution in [2.24, 2.45) is 0 Å². The van der Waals surface area contributed by atoms with Gasteiger partial charge in [-0.1, -0.05) is 11.6 Å². The zero-order valence-electron chi connectivity index (χ0n) is 15.4. The average Bonchev–Trinajstić information content (AvgIpc) is 2.63. The molecule has 1 aliphatic heterocycles. The number of hydrogen-bond acceptors (Lipinski definition) is 6. The number of rotatable bonds is 9. The minimum absolute atomic E-state index is 0.150. The quantitative estimate of drug-likeness (QED) is 0.540. The summed E-state index contributed by atoms with van der Waals surface area (Å²) in [5.41, 5.74) is 6.45. The van der Waals surface area contributed by atoms with Gasteiger partial charge < -0.3 is 25.6 Å². The van der Waals surface area contributed by atoms with Gasteiger partial charge in [0.25, 0.3) is 5.91 Å². The Morgan fingerprint density at radius 3 is 2.96 bits per heavy atom. The van der Waals surface area contributed by atoms with Gasteiger partial charge in [0, 0.05) is 32.1 Å². The minimum atomic E-state index is -0.792. The number of carboxylic acids is 1. The second-order valence-electron chi connectivity index (χ2n) is 6.30. The van der Waals surface area contributed by atoms with Crippen LogP contribution < -0.4 is 15.8 Å². The standard InChI is InChI=1S/C18H26ClN3O5/c1-2-26-16-9-15(20)14(19)8-13(16)18(25)21-10-12-11-22(6-7-27-12)5-3-4-17(23)24/h8-9,12H,2-7,10-11,20H2,1H3,(H,21,25)(H,23,24). The zero-order chi connectivity index (χ0) is 19.8. The molecule has 0 radical (unpaired) electrons. The summed E-state index contributed by atoms with van der Waals surface area (Å²) in [5, 5.41) is 11.9. The van der Waals surface area contributed by atoms with Crippen molar-refractivity contribution >= 4 is 29.2 Å². The van der Waals surface area contributed by atoms with Crippen LogP contribution in [-0.4, -0.2) is 67.4 Å². The summed E-state index contributed by atoms with van der Waals surface area (Å²) in [6.45, 7) is 5.20. The van der Waals surface area contributed by atoms with E-state index >= 15 is 0 Å². The van der Waals surface area contributed by atoms with Gasteiger partial charge in [0.15, 0.2) is 0 Å². The third-order valence-corrected chi connectivity index (χ3v) is 4.55. The summed E-state index contributed by atoms with van der Waals surface area (Å²) in [6, 6.07) is 3.04. The van der Waals surface area contributed by atoms with Gasteiger partial charge in [-0.05, 0) is 26.0 Å². The number of halogens is 1. The number of amides is 1. The Hall–Kier alpha value is -2.03. The fourth-order valence-corrected chi connectivity index (χ4v) is 3.05. The van der Waals surface area contributed by atoms with E-state index < -0.39 is 5.97 Å². The first-order valence-corrected chi connectivity index (χ1v) is 9.34. The predicted octanol–water partition coefficient (Wildman–Crippen LogP) is 1.62. The van der Waals surface area contributed by atoms with Crippen molar-refractivity contribution in [1.29, 1.82) is 0 Å². The van der Waals surface area contributed by atoms with Crippen LogP contribution in [-0.2, 0) is 9.53 Å². The number of nitrogen functional groups attached to an aromatic ring is 1. The van der Waals surface area contributed by atoms with Gasteiger partial charge in [0.05, 0.1) is 35.6 Å². The van der Waals surface area contributed by atoms with Crippen LogP contribution in [0.5, 0.6) is 5.75 Å². The summed E-state index contributed by atoms with van der Waals surface area (Å²) in [6.07, 6.45) is 0.583. The Morgan fingerprint density at radius 1 is 1.48 bits per heavy atom. The van der Waals surface area contributed by atoms with E-state index in [0.29, 0.717) is 61.3 Å². The smallest absolute Gasteiger partial charge is 0.303 e.